The molecule has 0 aliphatic carbocycles. The summed E-state index contributed by atoms with van der Waals surface area (Å²) in [7, 11) is 0. The Bertz CT molecular complexity index is 1170. The van der Waals surface area contributed by atoms with Gasteiger partial charge >= 0.3 is 5.97 Å². The molecule has 0 spiro atoms. The van der Waals surface area contributed by atoms with Gasteiger partial charge in [-0.1, -0.05) is 60.7 Å². The minimum atomic E-state index is -1.01. The Morgan fingerprint density at radius 3 is 2.24 bits per heavy atom. The van der Waals surface area contributed by atoms with Gasteiger partial charge in [0.2, 0.25) is 5.91 Å². The lowest BCUT2D eigenvalue weighted by Crippen LogP contribution is -2.51. The van der Waals surface area contributed by atoms with Crippen LogP contribution in [0.5, 0.6) is 5.75 Å². The number of carboxylic acids is 1. The molecule has 0 heterocycles. The number of carbonyl (C=O) groups is 3. The predicted molar refractivity (Wildman–Crippen MR) is 143 cm³/mol. The number of hydrogen-bond donors (Lipinski definition) is 4. The molecule has 8 nitrogen and oxygen atoms in total. The van der Waals surface area contributed by atoms with Gasteiger partial charge in [-0.25, -0.2) is 0 Å². The van der Waals surface area contributed by atoms with Gasteiger partial charge in [-0.3, -0.25) is 14.4 Å². The van der Waals surface area contributed by atoms with Gasteiger partial charge in [0.25, 0.3) is 5.91 Å². The second-order valence-electron chi connectivity index (χ2n) is 8.23. The fourth-order valence-electron chi connectivity index (χ4n) is 3.40. The van der Waals surface area contributed by atoms with E-state index in [0.717, 1.165) is 11.1 Å². The Labute approximate surface area is 216 Å². The van der Waals surface area contributed by atoms with Gasteiger partial charge in [0.1, 0.15) is 5.75 Å². The molecule has 3 rings (SSSR count). The van der Waals surface area contributed by atoms with Crippen LogP contribution >= 0.6 is 0 Å². The van der Waals surface area contributed by atoms with E-state index in [1.165, 1.54) is 6.08 Å². The third-order valence-electron chi connectivity index (χ3n) is 5.30. The van der Waals surface area contributed by atoms with E-state index in [0.29, 0.717) is 30.8 Å². The number of benzene rings is 3. The van der Waals surface area contributed by atoms with Gasteiger partial charge < -0.3 is 25.8 Å². The number of nitrogens with one attached hydrogen (secondary N) is 3. The molecule has 0 aromatic heterocycles. The highest BCUT2D eigenvalue weighted by molar-refractivity contribution is 5.96. The lowest BCUT2D eigenvalue weighted by Gasteiger charge is -2.20. The van der Waals surface area contributed by atoms with E-state index in [-0.39, 0.29) is 18.9 Å². The fourth-order valence-corrected chi connectivity index (χ4v) is 3.40. The van der Waals surface area contributed by atoms with Gasteiger partial charge in [-0.2, -0.15) is 0 Å². The normalized spacial score (nSPS) is 11.5. The molecule has 0 radical (unpaired) electrons. The number of rotatable bonds is 14. The summed E-state index contributed by atoms with van der Waals surface area (Å²) in [6.07, 6.45) is 3.16. The number of anilines is 1. The summed E-state index contributed by atoms with van der Waals surface area (Å²) in [5.41, 5.74) is 2.57. The van der Waals surface area contributed by atoms with Crippen LogP contribution in [0.4, 0.5) is 5.69 Å². The van der Waals surface area contributed by atoms with Crippen molar-refractivity contribution in [3.63, 3.8) is 0 Å². The summed E-state index contributed by atoms with van der Waals surface area (Å²) in [5.74, 6) is -1.07. The maximum Gasteiger partial charge on any atom is 0.303 e. The first-order chi connectivity index (χ1) is 18.0. The van der Waals surface area contributed by atoms with Crippen LogP contribution in [0.15, 0.2) is 91.0 Å². The van der Waals surface area contributed by atoms with Crippen molar-refractivity contribution in [2.45, 2.75) is 25.4 Å². The molecule has 0 aliphatic heterocycles. The third kappa shape index (κ3) is 10.3. The molecule has 0 saturated carbocycles. The van der Waals surface area contributed by atoms with Gasteiger partial charge in [0.05, 0.1) is 6.61 Å². The maximum atomic E-state index is 13.0. The molecule has 3 aromatic carbocycles. The summed E-state index contributed by atoms with van der Waals surface area (Å²) in [6, 6.07) is 26.1. The zero-order valence-electron chi connectivity index (χ0n) is 20.4. The number of aliphatic carboxylic acids is 1. The second-order valence-corrected chi connectivity index (χ2v) is 8.23. The second kappa shape index (κ2) is 14.7. The third-order valence-corrected chi connectivity index (χ3v) is 5.30. The summed E-state index contributed by atoms with van der Waals surface area (Å²) in [6.45, 7) is 0.704. The van der Waals surface area contributed by atoms with Crippen molar-refractivity contribution in [3.8, 4) is 5.75 Å². The highest BCUT2D eigenvalue weighted by Crippen LogP contribution is 2.16. The first-order valence-electron chi connectivity index (χ1n) is 12.1. The lowest BCUT2D eigenvalue weighted by molar-refractivity contribution is -0.137. The van der Waals surface area contributed by atoms with E-state index in [4.69, 9.17) is 9.84 Å². The minimum Gasteiger partial charge on any atom is -0.494 e. The molecule has 8 heteroatoms. The number of hydrogen-bond acceptors (Lipinski definition) is 5. The molecular formula is C29H31N3O5. The van der Waals surface area contributed by atoms with Crippen LogP contribution in [0.25, 0.3) is 6.08 Å². The molecular weight excluding hydrogens is 470 g/mol. The number of carboxylic acid groups (broad SMARTS) is 1. The maximum absolute atomic E-state index is 13.0. The SMILES string of the molecule is O=C(O)CCCOc1ccc(NC(NC(=O)C=Cc2ccccc2)C(=O)NCCc2ccccc2)cc1. The summed E-state index contributed by atoms with van der Waals surface area (Å²) in [5, 5.41) is 17.4. The quantitative estimate of drug-likeness (QED) is 0.151. The molecule has 192 valence electrons. The zero-order chi connectivity index (χ0) is 26.3. The van der Waals surface area contributed by atoms with Crippen molar-refractivity contribution < 1.29 is 24.2 Å². The Morgan fingerprint density at radius 1 is 0.892 bits per heavy atom. The lowest BCUT2D eigenvalue weighted by atomic mass is 10.1. The van der Waals surface area contributed by atoms with Crippen LogP contribution in [0.3, 0.4) is 0 Å². The van der Waals surface area contributed by atoms with Gasteiger partial charge in [0, 0.05) is 24.7 Å². The number of amides is 2. The molecule has 1 unspecified atom stereocenters. The van der Waals surface area contributed by atoms with E-state index in [9.17, 15) is 14.4 Å². The molecule has 3 aromatic rings. The zero-order valence-corrected chi connectivity index (χ0v) is 20.4. The van der Waals surface area contributed by atoms with Crippen LogP contribution in [-0.4, -0.2) is 42.2 Å². The van der Waals surface area contributed by atoms with Crippen LogP contribution < -0.4 is 20.7 Å². The monoisotopic (exact) mass is 501 g/mol. The smallest absolute Gasteiger partial charge is 0.303 e. The summed E-state index contributed by atoms with van der Waals surface area (Å²) in [4.78, 5) is 36.2. The molecule has 0 saturated heterocycles. The van der Waals surface area contributed by atoms with Crippen LogP contribution in [-0.2, 0) is 20.8 Å². The Kier molecular flexibility index (Phi) is 10.7. The molecule has 2 amide bonds. The van der Waals surface area contributed by atoms with Gasteiger partial charge in [-0.05, 0) is 54.3 Å². The van der Waals surface area contributed by atoms with E-state index < -0.39 is 18.0 Å². The van der Waals surface area contributed by atoms with Crippen molar-refractivity contribution in [2.75, 3.05) is 18.5 Å². The standard InChI is InChI=1S/C29H31N3O5/c33-26(18-13-22-8-3-1-4-9-22)32-28(29(36)30-20-19-23-10-5-2-6-11-23)31-24-14-16-25(17-15-24)37-21-7-12-27(34)35/h1-6,8-11,13-18,28,31H,7,12,19-21H2,(H,30,36)(H,32,33)(H,34,35). The van der Waals surface area contributed by atoms with Crippen LogP contribution in [0.1, 0.15) is 24.0 Å². The van der Waals surface area contributed by atoms with Crippen molar-refractivity contribution in [1.82, 2.24) is 10.6 Å². The van der Waals surface area contributed by atoms with Crippen molar-refractivity contribution >= 4 is 29.5 Å². The first-order valence-corrected chi connectivity index (χ1v) is 12.1. The molecule has 4 N–H and O–H groups in total. The molecule has 1 atom stereocenters. The minimum absolute atomic E-state index is 0.0408. The van der Waals surface area contributed by atoms with Crippen LogP contribution in [0, 0.1) is 0 Å². The van der Waals surface area contributed by atoms with E-state index >= 15 is 0 Å². The summed E-state index contributed by atoms with van der Waals surface area (Å²) >= 11 is 0. The Balaban J connectivity index is 1.60. The summed E-state index contributed by atoms with van der Waals surface area (Å²) < 4.78 is 5.55. The Morgan fingerprint density at radius 2 is 1.57 bits per heavy atom. The van der Waals surface area contributed by atoms with E-state index in [1.807, 2.05) is 60.7 Å². The van der Waals surface area contributed by atoms with Crippen LogP contribution in [0.2, 0.25) is 0 Å². The van der Waals surface area contributed by atoms with Crippen molar-refractivity contribution in [3.05, 3.63) is 102 Å². The van der Waals surface area contributed by atoms with E-state index in [1.54, 1.807) is 30.3 Å². The van der Waals surface area contributed by atoms with E-state index in [2.05, 4.69) is 16.0 Å². The topological polar surface area (TPSA) is 117 Å². The average molecular weight is 502 g/mol. The number of ether oxygens (including phenoxy) is 1. The highest BCUT2D eigenvalue weighted by atomic mass is 16.5. The first kappa shape index (κ1) is 27.0. The number of carbonyl (C=O) groups excluding carboxylic acids is 2. The van der Waals surface area contributed by atoms with Gasteiger partial charge in [-0.15, -0.1) is 0 Å². The van der Waals surface area contributed by atoms with Gasteiger partial charge in [0.15, 0.2) is 6.17 Å². The molecule has 0 fully saturated rings. The average Bonchev–Trinajstić information content (AvgIpc) is 2.91. The Hall–Kier alpha value is -4.59. The highest BCUT2D eigenvalue weighted by Gasteiger charge is 2.19. The molecule has 0 aliphatic rings. The largest absolute Gasteiger partial charge is 0.494 e. The molecule has 37 heavy (non-hydrogen) atoms. The predicted octanol–water partition coefficient (Wildman–Crippen LogP) is 3.86. The van der Waals surface area contributed by atoms with Crippen molar-refractivity contribution in [1.29, 1.82) is 0 Å². The van der Waals surface area contributed by atoms with Crippen molar-refractivity contribution in [2.24, 2.45) is 0 Å². The molecule has 0 bridgehead atoms. The fraction of sp³-hybridized carbons (Fsp3) is 0.207.